The largest absolute Gasteiger partial charge is 0.468 e. The molecule has 102 valence electrons. The van der Waals surface area contributed by atoms with Crippen LogP contribution in [-0.2, 0) is 13.1 Å². The molecule has 0 saturated carbocycles. The Morgan fingerprint density at radius 2 is 2.05 bits per heavy atom. The zero-order chi connectivity index (χ0) is 13.8. The average Bonchev–Trinajstić information content (AvgIpc) is 3.12. The maximum absolute atomic E-state index is 5.42. The van der Waals surface area contributed by atoms with Crippen molar-refractivity contribution in [3.63, 3.8) is 0 Å². The summed E-state index contributed by atoms with van der Waals surface area (Å²) in [6.07, 6.45) is 5.47. The van der Waals surface area contributed by atoms with Gasteiger partial charge in [-0.25, -0.2) is 4.68 Å². The molecule has 4 nitrogen and oxygen atoms in total. The van der Waals surface area contributed by atoms with Gasteiger partial charge in [-0.2, -0.15) is 5.10 Å². The van der Waals surface area contributed by atoms with Crippen LogP contribution in [0.2, 0.25) is 0 Å². The minimum atomic E-state index is 0.728. The van der Waals surface area contributed by atoms with Crippen LogP contribution >= 0.6 is 0 Å². The van der Waals surface area contributed by atoms with Crippen LogP contribution in [-0.4, -0.2) is 9.78 Å². The van der Waals surface area contributed by atoms with E-state index in [1.165, 1.54) is 11.1 Å². The van der Waals surface area contributed by atoms with Gasteiger partial charge in [-0.1, -0.05) is 18.2 Å². The number of furan rings is 1. The molecule has 0 bridgehead atoms. The van der Waals surface area contributed by atoms with Gasteiger partial charge in [0.15, 0.2) is 0 Å². The molecule has 0 fully saturated rings. The van der Waals surface area contributed by atoms with Gasteiger partial charge < -0.3 is 9.73 Å². The van der Waals surface area contributed by atoms with Crippen molar-refractivity contribution >= 4 is 0 Å². The third-order valence-corrected chi connectivity index (χ3v) is 3.31. The van der Waals surface area contributed by atoms with Crippen LogP contribution in [0, 0.1) is 6.92 Å². The number of hydrogen-bond acceptors (Lipinski definition) is 3. The first-order chi connectivity index (χ1) is 9.84. The zero-order valence-electron chi connectivity index (χ0n) is 11.4. The second-order valence-corrected chi connectivity index (χ2v) is 4.71. The van der Waals surface area contributed by atoms with Crippen molar-refractivity contribution in [3.05, 3.63) is 71.9 Å². The topological polar surface area (TPSA) is 43.0 Å². The van der Waals surface area contributed by atoms with Gasteiger partial charge in [0.1, 0.15) is 5.76 Å². The smallest absolute Gasteiger partial charge is 0.120 e. The Kier molecular flexibility index (Phi) is 3.65. The molecular formula is C16H17N3O. The third-order valence-electron chi connectivity index (χ3n) is 3.31. The van der Waals surface area contributed by atoms with Crippen LogP contribution in [0.4, 0.5) is 0 Å². The van der Waals surface area contributed by atoms with Crippen LogP contribution in [0.3, 0.4) is 0 Å². The molecular weight excluding hydrogens is 250 g/mol. The summed E-state index contributed by atoms with van der Waals surface area (Å²) < 4.78 is 7.31. The fraction of sp³-hybridized carbons (Fsp3) is 0.188. The van der Waals surface area contributed by atoms with Crippen LogP contribution in [0.25, 0.3) is 5.69 Å². The summed E-state index contributed by atoms with van der Waals surface area (Å²) in [7, 11) is 0. The molecule has 3 aromatic rings. The van der Waals surface area contributed by atoms with E-state index in [-0.39, 0.29) is 0 Å². The maximum Gasteiger partial charge on any atom is 0.120 e. The number of aryl methyl sites for hydroxylation is 1. The van der Waals surface area contributed by atoms with Crippen molar-refractivity contribution in [1.82, 2.24) is 15.1 Å². The van der Waals surface area contributed by atoms with E-state index in [9.17, 15) is 0 Å². The van der Waals surface area contributed by atoms with Gasteiger partial charge >= 0.3 is 0 Å². The third kappa shape index (κ3) is 2.65. The first-order valence-electron chi connectivity index (χ1n) is 6.66. The molecule has 0 unspecified atom stereocenters. The predicted molar refractivity (Wildman–Crippen MR) is 77.6 cm³/mol. The summed E-state index contributed by atoms with van der Waals surface area (Å²) in [5.41, 5.74) is 3.49. The Hall–Kier alpha value is -2.33. The van der Waals surface area contributed by atoms with Gasteiger partial charge in [0.25, 0.3) is 0 Å². The van der Waals surface area contributed by atoms with E-state index in [0.717, 1.165) is 24.5 Å². The number of aromatic nitrogens is 2. The lowest BCUT2D eigenvalue weighted by Crippen LogP contribution is -2.14. The van der Waals surface area contributed by atoms with Crippen molar-refractivity contribution in [2.45, 2.75) is 20.0 Å². The second kappa shape index (κ2) is 5.75. The summed E-state index contributed by atoms with van der Waals surface area (Å²) >= 11 is 0. The van der Waals surface area contributed by atoms with Crippen LogP contribution < -0.4 is 5.32 Å². The number of rotatable bonds is 5. The Balaban J connectivity index is 1.70. The lowest BCUT2D eigenvalue weighted by Gasteiger charge is -2.10. The quantitative estimate of drug-likeness (QED) is 0.772. The highest BCUT2D eigenvalue weighted by Crippen LogP contribution is 2.14. The van der Waals surface area contributed by atoms with E-state index in [1.807, 2.05) is 35.1 Å². The van der Waals surface area contributed by atoms with E-state index in [1.54, 1.807) is 12.5 Å². The van der Waals surface area contributed by atoms with Crippen molar-refractivity contribution < 1.29 is 4.42 Å². The Labute approximate surface area is 118 Å². The molecule has 0 spiro atoms. The summed E-state index contributed by atoms with van der Waals surface area (Å²) in [6.45, 7) is 3.56. The normalized spacial score (nSPS) is 10.8. The van der Waals surface area contributed by atoms with Crippen molar-refractivity contribution in [2.75, 3.05) is 0 Å². The van der Waals surface area contributed by atoms with Gasteiger partial charge in [-0.3, -0.25) is 0 Å². The van der Waals surface area contributed by atoms with Crippen molar-refractivity contribution in [1.29, 1.82) is 0 Å². The molecule has 2 aromatic heterocycles. The maximum atomic E-state index is 5.42. The first-order valence-corrected chi connectivity index (χ1v) is 6.66. The molecule has 0 atom stereocenters. The highest BCUT2D eigenvalue weighted by Gasteiger charge is 2.05. The summed E-state index contributed by atoms with van der Waals surface area (Å²) in [5.74, 6) is 0.988. The minimum Gasteiger partial charge on any atom is -0.468 e. The molecule has 0 saturated heterocycles. The van der Waals surface area contributed by atoms with Crippen molar-refractivity contribution in [2.24, 2.45) is 0 Å². The zero-order valence-corrected chi connectivity index (χ0v) is 11.4. The molecule has 1 aromatic carbocycles. The summed E-state index contributed by atoms with van der Waals surface area (Å²) in [5, 5.41) is 7.70. The highest BCUT2D eigenvalue weighted by molar-refractivity contribution is 5.40. The molecule has 2 heterocycles. The van der Waals surface area contributed by atoms with E-state index in [0.29, 0.717) is 0 Å². The molecule has 0 radical (unpaired) electrons. The SMILES string of the molecule is Cc1ccoc1CNCc1ccccc1-n1cccn1. The van der Waals surface area contributed by atoms with E-state index >= 15 is 0 Å². The van der Waals surface area contributed by atoms with Gasteiger partial charge in [0.2, 0.25) is 0 Å². The number of nitrogens with one attached hydrogen (secondary N) is 1. The van der Waals surface area contributed by atoms with Crippen molar-refractivity contribution in [3.8, 4) is 5.69 Å². The number of benzene rings is 1. The first kappa shape index (κ1) is 12.7. The minimum absolute atomic E-state index is 0.728. The Morgan fingerprint density at radius 3 is 2.80 bits per heavy atom. The van der Waals surface area contributed by atoms with Crippen LogP contribution in [0.15, 0.2) is 59.5 Å². The summed E-state index contributed by atoms with van der Waals surface area (Å²) in [4.78, 5) is 0. The molecule has 0 aliphatic heterocycles. The molecule has 1 N–H and O–H groups in total. The Bertz CT molecular complexity index is 671. The fourth-order valence-electron chi connectivity index (χ4n) is 2.19. The fourth-order valence-corrected chi connectivity index (χ4v) is 2.19. The number of nitrogens with zero attached hydrogens (tertiary/aromatic N) is 2. The van der Waals surface area contributed by atoms with E-state index in [4.69, 9.17) is 4.42 Å². The molecule has 0 amide bonds. The Morgan fingerprint density at radius 1 is 1.15 bits per heavy atom. The van der Waals surface area contributed by atoms with Gasteiger partial charge in [0, 0.05) is 18.9 Å². The second-order valence-electron chi connectivity index (χ2n) is 4.71. The van der Waals surface area contributed by atoms with E-state index in [2.05, 4.69) is 29.5 Å². The predicted octanol–water partition coefficient (Wildman–Crippen LogP) is 3.06. The monoisotopic (exact) mass is 267 g/mol. The lowest BCUT2D eigenvalue weighted by atomic mass is 10.1. The van der Waals surface area contributed by atoms with Crippen LogP contribution in [0.1, 0.15) is 16.9 Å². The van der Waals surface area contributed by atoms with Gasteiger partial charge in [-0.15, -0.1) is 0 Å². The molecule has 0 aliphatic rings. The van der Waals surface area contributed by atoms with Gasteiger partial charge in [-0.05, 0) is 36.2 Å². The average molecular weight is 267 g/mol. The van der Waals surface area contributed by atoms with Crippen LogP contribution in [0.5, 0.6) is 0 Å². The lowest BCUT2D eigenvalue weighted by molar-refractivity contribution is 0.480. The number of hydrogen-bond donors (Lipinski definition) is 1. The summed E-state index contributed by atoms with van der Waals surface area (Å²) in [6, 6.07) is 12.2. The molecule has 4 heteroatoms. The van der Waals surface area contributed by atoms with E-state index < -0.39 is 0 Å². The standard InChI is InChI=1S/C16H17N3O/c1-13-7-10-20-16(13)12-17-11-14-5-2-3-6-15(14)19-9-4-8-18-19/h2-10,17H,11-12H2,1H3. The number of para-hydroxylation sites is 1. The molecule has 20 heavy (non-hydrogen) atoms. The highest BCUT2D eigenvalue weighted by atomic mass is 16.3. The molecule has 3 rings (SSSR count). The molecule has 0 aliphatic carbocycles. The van der Waals surface area contributed by atoms with Gasteiger partial charge in [0.05, 0.1) is 18.5 Å².